The third kappa shape index (κ3) is 8.64. The van der Waals surface area contributed by atoms with Crippen LogP contribution in [-0.4, -0.2) is 29.6 Å². The van der Waals surface area contributed by atoms with Crippen molar-refractivity contribution in [2.24, 2.45) is 17.3 Å². The molecule has 0 aliphatic heterocycles. The molecule has 1 atom stereocenters. The van der Waals surface area contributed by atoms with Crippen molar-refractivity contribution < 1.29 is 19.5 Å². The number of benzene rings is 2. The maximum absolute atomic E-state index is 13.0. The van der Waals surface area contributed by atoms with E-state index in [1.807, 2.05) is 12.1 Å². The maximum atomic E-state index is 13.0. The molecule has 0 radical (unpaired) electrons. The summed E-state index contributed by atoms with van der Waals surface area (Å²) in [5, 5.41) is 18.2. The van der Waals surface area contributed by atoms with Gasteiger partial charge in [-0.15, -0.1) is 0 Å². The lowest BCUT2D eigenvalue weighted by Gasteiger charge is -2.39. The first-order valence-corrected chi connectivity index (χ1v) is 13.3. The van der Waals surface area contributed by atoms with Crippen molar-refractivity contribution in [3.05, 3.63) is 63.6 Å². The van der Waals surface area contributed by atoms with Gasteiger partial charge in [0.1, 0.15) is 0 Å². The number of carbonyl (C=O) groups is 3. The normalized spacial score (nSPS) is 18.5. The smallest absolute Gasteiger partial charge is 0.319 e. The van der Waals surface area contributed by atoms with Gasteiger partial charge in [-0.2, -0.15) is 0 Å². The number of rotatable bonds is 8. The van der Waals surface area contributed by atoms with E-state index >= 15 is 0 Å². The fraction of sp³-hybridized carbons (Fsp3) is 0.464. The van der Waals surface area contributed by atoms with E-state index in [2.05, 4.69) is 36.7 Å². The highest BCUT2D eigenvalue weighted by molar-refractivity contribution is 6.35. The minimum atomic E-state index is -0.968. The quantitative estimate of drug-likeness (QED) is 0.287. The van der Waals surface area contributed by atoms with Crippen LogP contribution in [-0.2, 0) is 4.79 Å². The van der Waals surface area contributed by atoms with Crippen LogP contribution < -0.4 is 16.0 Å². The van der Waals surface area contributed by atoms with Crippen LogP contribution in [0.2, 0.25) is 10.0 Å². The first-order valence-electron chi connectivity index (χ1n) is 12.6. The summed E-state index contributed by atoms with van der Waals surface area (Å²) in [5.41, 5.74) is 2.08. The zero-order valence-electron chi connectivity index (χ0n) is 21.4. The Hall–Kier alpha value is -2.77. The van der Waals surface area contributed by atoms with Crippen LogP contribution in [0.3, 0.4) is 0 Å². The Morgan fingerprint density at radius 2 is 1.57 bits per heavy atom. The number of halogens is 2. The molecule has 2 aromatic rings. The molecule has 3 amide bonds. The number of hydrogen-bond acceptors (Lipinski definition) is 3. The van der Waals surface area contributed by atoms with E-state index in [0.717, 1.165) is 31.2 Å². The summed E-state index contributed by atoms with van der Waals surface area (Å²) in [6.45, 7) is 6.89. The predicted molar refractivity (Wildman–Crippen MR) is 147 cm³/mol. The van der Waals surface area contributed by atoms with Gasteiger partial charge in [-0.1, -0.05) is 56.1 Å². The lowest BCUT2D eigenvalue weighted by molar-refractivity contribution is -0.136. The van der Waals surface area contributed by atoms with Crippen molar-refractivity contribution in [2.45, 2.75) is 58.9 Å². The highest BCUT2D eigenvalue weighted by Crippen LogP contribution is 2.43. The summed E-state index contributed by atoms with van der Waals surface area (Å²) < 4.78 is 0. The van der Waals surface area contributed by atoms with E-state index in [4.69, 9.17) is 28.3 Å². The molecule has 0 saturated heterocycles. The minimum absolute atomic E-state index is 0.0603. The van der Waals surface area contributed by atoms with E-state index < -0.39 is 5.97 Å². The van der Waals surface area contributed by atoms with Crippen LogP contribution in [0.1, 0.15) is 74.8 Å². The molecule has 2 aromatic carbocycles. The number of nitrogens with one attached hydrogen (secondary N) is 3. The Labute approximate surface area is 228 Å². The van der Waals surface area contributed by atoms with Gasteiger partial charge in [0.15, 0.2) is 0 Å². The second-order valence-electron chi connectivity index (χ2n) is 10.7. The van der Waals surface area contributed by atoms with Crippen LogP contribution >= 0.6 is 23.2 Å². The van der Waals surface area contributed by atoms with E-state index in [0.29, 0.717) is 27.2 Å². The summed E-state index contributed by atoms with van der Waals surface area (Å²) in [5.74, 6) is -0.436. The topological polar surface area (TPSA) is 108 Å². The van der Waals surface area contributed by atoms with Crippen LogP contribution in [0.5, 0.6) is 0 Å². The van der Waals surface area contributed by atoms with E-state index in [9.17, 15) is 14.4 Å². The van der Waals surface area contributed by atoms with E-state index in [1.54, 1.807) is 30.3 Å². The number of carboxylic acid groups (broad SMARTS) is 1. The molecule has 0 bridgehead atoms. The molecule has 0 spiro atoms. The van der Waals surface area contributed by atoms with Crippen molar-refractivity contribution in [1.29, 1.82) is 0 Å². The molecule has 0 heterocycles. The summed E-state index contributed by atoms with van der Waals surface area (Å²) in [6, 6.07) is 11.4. The third-order valence-corrected chi connectivity index (χ3v) is 7.47. The summed E-state index contributed by atoms with van der Waals surface area (Å²) in [4.78, 5) is 36.1. The fourth-order valence-electron chi connectivity index (χ4n) is 4.95. The Balaban J connectivity index is 1.75. The zero-order chi connectivity index (χ0) is 27.2. The Bertz CT molecular complexity index is 1090. The molecule has 1 fully saturated rings. The molecular formula is C28H35Cl2N3O4. The molecular weight excluding hydrogens is 513 g/mol. The second-order valence-corrected chi connectivity index (χ2v) is 11.6. The van der Waals surface area contributed by atoms with Gasteiger partial charge >= 0.3 is 12.0 Å². The molecule has 7 nitrogen and oxygen atoms in total. The van der Waals surface area contributed by atoms with Gasteiger partial charge in [0.25, 0.3) is 5.91 Å². The summed E-state index contributed by atoms with van der Waals surface area (Å²) in [7, 11) is 0. The predicted octanol–water partition coefficient (Wildman–Crippen LogP) is 6.91. The Morgan fingerprint density at radius 1 is 0.973 bits per heavy atom. The molecule has 37 heavy (non-hydrogen) atoms. The molecule has 1 aliphatic rings. The molecule has 1 aliphatic carbocycles. The van der Waals surface area contributed by atoms with Crippen molar-refractivity contribution in [1.82, 2.24) is 10.6 Å². The molecule has 1 saturated carbocycles. The van der Waals surface area contributed by atoms with Crippen molar-refractivity contribution in [2.75, 3.05) is 11.9 Å². The Kier molecular flexibility index (Phi) is 9.85. The first kappa shape index (κ1) is 28.8. The van der Waals surface area contributed by atoms with Crippen molar-refractivity contribution >= 4 is 46.8 Å². The molecule has 1 unspecified atom stereocenters. The Morgan fingerprint density at radius 3 is 2.11 bits per heavy atom. The SMILES string of the molecule is CC(C)(C)C1CCC(C(NC(=O)Nc2cc(Cl)cc(Cl)c2)c2ccc(C(=O)NCCC(=O)O)cc2)CC1. The van der Waals surface area contributed by atoms with Crippen molar-refractivity contribution in [3.63, 3.8) is 0 Å². The van der Waals surface area contributed by atoms with Crippen LogP contribution in [0.4, 0.5) is 10.5 Å². The van der Waals surface area contributed by atoms with Gasteiger partial charge in [-0.25, -0.2) is 4.79 Å². The lowest BCUT2D eigenvalue weighted by atomic mass is 9.68. The average molecular weight is 549 g/mol. The molecule has 0 aromatic heterocycles. The average Bonchev–Trinajstić information content (AvgIpc) is 2.81. The number of carboxylic acids is 1. The van der Waals surface area contributed by atoms with Gasteiger partial charge < -0.3 is 21.1 Å². The fourth-order valence-corrected chi connectivity index (χ4v) is 5.48. The van der Waals surface area contributed by atoms with Gasteiger partial charge in [0, 0.05) is 27.8 Å². The lowest BCUT2D eigenvalue weighted by Crippen LogP contribution is -2.38. The highest BCUT2D eigenvalue weighted by Gasteiger charge is 2.34. The zero-order valence-corrected chi connectivity index (χ0v) is 23.0. The van der Waals surface area contributed by atoms with Crippen LogP contribution in [0.25, 0.3) is 0 Å². The minimum Gasteiger partial charge on any atom is -0.481 e. The van der Waals surface area contributed by atoms with Gasteiger partial charge in [-0.3, -0.25) is 9.59 Å². The van der Waals surface area contributed by atoms with Gasteiger partial charge in [-0.05, 0) is 78.8 Å². The summed E-state index contributed by atoms with van der Waals surface area (Å²) >= 11 is 12.2. The number of carbonyl (C=O) groups excluding carboxylic acids is 2. The monoisotopic (exact) mass is 547 g/mol. The summed E-state index contributed by atoms with van der Waals surface area (Å²) in [6.07, 6.45) is 3.99. The first-order chi connectivity index (χ1) is 17.4. The number of urea groups is 1. The number of aliphatic carboxylic acids is 1. The van der Waals surface area contributed by atoms with Crippen LogP contribution in [0, 0.1) is 17.3 Å². The largest absolute Gasteiger partial charge is 0.481 e. The molecule has 3 rings (SSSR count). The van der Waals surface area contributed by atoms with E-state index in [1.165, 1.54) is 0 Å². The van der Waals surface area contributed by atoms with Gasteiger partial charge in [0.2, 0.25) is 0 Å². The third-order valence-electron chi connectivity index (χ3n) is 7.03. The highest BCUT2D eigenvalue weighted by atomic mass is 35.5. The van der Waals surface area contributed by atoms with Crippen LogP contribution in [0.15, 0.2) is 42.5 Å². The van der Waals surface area contributed by atoms with E-state index in [-0.39, 0.29) is 42.3 Å². The molecule has 4 N–H and O–H groups in total. The molecule has 9 heteroatoms. The van der Waals surface area contributed by atoms with Gasteiger partial charge in [0.05, 0.1) is 12.5 Å². The number of amides is 3. The number of anilines is 1. The molecule has 200 valence electrons. The second kappa shape index (κ2) is 12.7. The maximum Gasteiger partial charge on any atom is 0.319 e. The standard InChI is InChI=1S/C28H35Cl2N3O4/c1-28(2,3)20-10-8-18(9-11-20)25(33-27(37)32-23-15-21(29)14-22(30)16-23)17-4-6-19(7-5-17)26(36)31-13-12-24(34)35/h4-7,14-16,18,20,25H,8-13H2,1-3H3,(H,31,36)(H,34,35)(H2,32,33,37). The number of hydrogen-bond donors (Lipinski definition) is 4. The van der Waals surface area contributed by atoms with Crippen molar-refractivity contribution in [3.8, 4) is 0 Å².